The van der Waals surface area contributed by atoms with Crippen LogP contribution in [0.3, 0.4) is 0 Å². The lowest BCUT2D eigenvalue weighted by atomic mass is 10.2. The summed E-state index contributed by atoms with van der Waals surface area (Å²) >= 11 is 0. The van der Waals surface area contributed by atoms with Crippen LogP contribution in [0.5, 0.6) is 5.75 Å². The number of nitro benzene ring substituents is 1. The average Bonchev–Trinajstić information content (AvgIpc) is 2.73. The van der Waals surface area contributed by atoms with E-state index in [2.05, 4.69) is 10.3 Å². The molecule has 0 saturated heterocycles. The Bertz CT molecular complexity index is 954. The van der Waals surface area contributed by atoms with Gasteiger partial charge in [-0.2, -0.15) is 0 Å². The highest BCUT2D eigenvalue weighted by atomic mass is 127. The van der Waals surface area contributed by atoms with E-state index in [9.17, 15) is 19.3 Å². The predicted octanol–water partition coefficient (Wildman–Crippen LogP) is 3.03. The molecule has 174 valence electrons. The summed E-state index contributed by atoms with van der Waals surface area (Å²) in [6.45, 7) is 0.619. The number of likely N-dealkylation sites (N-methyl/N-ethyl adjacent to an activating group) is 1. The van der Waals surface area contributed by atoms with Crippen molar-refractivity contribution in [1.82, 2.24) is 15.1 Å². The minimum atomic E-state index is -0.464. The highest BCUT2D eigenvalue weighted by Crippen LogP contribution is 2.18. The minimum Gasteiger partial charge on any atom is -0.494 e. The number of ether oxygens (including phenoxy) is 1. The Labute approximate surface area is 203 Å². The molecule has 2 aromatic rings. The van der Waals surface area contributed by atoms with Crippen LogP contribution in [0.4, 0.5) is 10.1 Å². The number of nitrogens with one attached hydrogen (secondary N) is 1. The minimum absolute atomic E-state index is 0. The van der Waals surface area contributed by atoms with Gasteiger partial charge in [-0.25, -0.2) is 9.38 Å². The molecule has 1 N–H and O–H groups in total. The Kier molecular flexibility index (Phi) is 10.8. The maximum absolute atomic E-state index is 14.0. The Morgan fingerprint density at radius 3 is 2.31 bits per heavy atom. The number of nitrogens with zero attached hydrogens (tertiary/aromatic N) is 4. The molecule has 0 heterocycles. The van der Waals surface area contributed by atoms with E-state index in [1.165, 1.54) is 30.2 Å². The fraction of sp³-hybridized carbons (Fsp3) is 0.333. The van der Waals surface area contributed by atoms with Crippen molar-refractivity contribution in [2.45, 2.75) is 13.1 Å². The molecule has 0 spiro atoms. The molecule has 0 unspecified atom stereocenters. The Morgan fingerprint density at radius 1 is 1.16 bits per heavy atom. The van der Waals surface area contributed by atoms with Crippen LogP contribution >= 0.6 is 24.0 Å². The van der Waals surface area contributed by atoms with Gasteiger partial charge < -0.3 is 19.9 Å². The van der Waals surface area contributed by atoms with Crippen LogP contribution in [0.1, 0.15) is 11.1 Å². The monoisotopic (exact) mass is 559 g/mol. The third kappa shape index (κ3) is 7.94. The first kappa shape index (κ1) is 27.1. The third-order valence-corrected chi connectivity index (χ3v) is 4.45. The van der Waals surface area contributed by atoms with Gasteiger partial charge in [-0.1, -0.05) is 18.2 Å². The quantitative estimate of drug-likeness (QED) is 0.176. The Hall–Kier alpha value is -2.96. The zero-order valence-electron chi connectivity index (χ0n) is 18.4. The number of amides is 1. The number of rotatable bonds is 8. The van der Waals surface area contributed by atoms with Crippen molar-refractivity contribution in [3.63, 3.8) is 0 Å². The molecule has 0 aliphatic carbocycles. The lowest BCUT2D eigenvalue weighted by Crippen LogP contribution is -2.43. The van der Waals surface area contributed by atoms with E-state index in [0.717, 1.165) is 5.56 Å². The number of aliphatic imine (C=N–C) groups is 1. The van der Waals surface area contributed by atoms with E-state index in [1.807, 2.05) is 0 Å². The summed E-state index contributed by atoms with van der Waals surface area (Å²) < 4.78 is 19.0. The van der Waals surface area contributed by atoms with Crippen LogP contribution in [0.15, 0.2) is 47.5 Å². The van der Waals surface area contributed by atoms with Gasteiger partial charge in [-0.05, 0) is 23.3 Å². The van der Waals surface area contributed by atoms with Gasteiger partial charge in [0.15, 0.2) is 17.5 Å². The van der Waals surface area contributed by atoms with Crippen molar-refractivity contribution in [2.75, 3.05) is 34.8 Å². The molecule has 11 heteroatoms. The van der Waals surface area contributed by atoms with Crippen molar-refractivity contribution >= 4 is 41.5 Å². The fourth-order valence-corrected chi connectivity index (χ4v) is 2.67. The number of hydrogen-bond donors (Lipinski definition) is 1. The number of halogens is 2. The standard InChI is InChI=1S/C21H26FN5O4.HI/c1-25(2)20(28)13-24-21(23-12-15-5-8-17(9-6-15)27(29)30)26(3)14-16-7-10-19(31-4)18(22)11-16;/h5-11H,12-14H2,1-4H3,(H,23,24);1H. The van der Waals surface area contributed by atoms with Crippen molar-refractivity contribution in [1.29, 1.82) is 0 Å². The topological polar surface area (TPSA) is 100 Å². The fourth-order valence-electron chi connectivity index (χ4n) is 2.67. The molecule has 2 rings (SSSR count). The first-order valence-electron chi connectivity index (χ1n) is 9.46. The second kappa shape index (κ2) is 12.8. The molecule has 0 bridgehead atoms. The molecule has 0 aromatic heterocycles. The average molecular weight is 559 g/mol. The summed E-state index contributed by atoms with van der Waals surface area (Å²) in [7, 11) is 6.48. The molecule has 9 nitrogen and oxygen atoms in total. The van der Waals surface area contributed by atoms with Crippen LogP contribution in [-0.4, -0.2) is 61.4 Å². The lowest BCUT2D eigenvalue weighted by molar-refractivity contribution is -0.384. The number of carbonyl (C=O) groups excluding carboxylic acids is 1. The normalized spacial score (nSPS) is 10.7. The highest BCUT2D eigenvalue weighted by molar-refractivity contribution is 14.0. The van der Waals surface area contributed by atoms with Crippen LogP contribution in [-0.2, 0) is 17.9 Å². The van der Waals surface area contributed by atoms with Gasteiger partial charge in [0.1, 0.15) is 0 Å². The first-order valence-corrected chi connectivity index (χ1v) is 9.46. The van der Waals surface area contributed by atoms with Crippen molar-refractivity contribution in [2.24, 2.45) is 4.99 Å². The Morgan fingerprint density at radius 2 is 1.78 bits per heavy atom. The van der Waals surface area contributed by atoms with E-state index in [4.69, 9.17) is 4.74 Å². The molecule has 32 heavy (non-hydrogen) atoms. The molecule has 2 aromatic carbocycles. The SMILES string of the molecule is COc1ccc(CN(C)C(=NCc2ccc([N+](=O)[O-])cc2)NCC(=O)N(C)C)cc1F.I. The summed E-state index contributed by atoms with van der Waals surface area (Å²) in [6.07, 6.45) is 0. The Balaban J connectivity index is 0.00000512. The van der Waals surface area contributed by atoms with Crippen molar-refractivity contribution in [3.05, 3.63) is 69.5 Å². The number of guanidine groups is 1. The number of methoxy groups -OCH3 is 1. The number of non-ortho nitro benzene ring substituents is 1. The summed E-state index contributed by atoms with van der Waals surface area (Å²) in [5.74, 6) is -0.00149. The van der Waals surface area contributed by atoms with Gasteiger partial charge >= 0.3 is 0 Å². The number of carbonyl (C=O) groups is 1. The largest absolute Gasteiger partial charge is 0.494 e. The number of hydrogen-bond acceptors (Lipinski definition) is 5. The van der Waals surface area contributed by atoms with Crippen molar-refractivity contribution < 1.29 is 18.8 Å². The van der Waals surface area contributed by atoms with E-state index < -0.39 is 10.7 Å². The molecule has 0 aliphatic heterocycles. The summed E-state index contributed by atoms with van der Waals surface area (Å²) in [6, 6.07) is 10.8. The third-order valence-electron chi connectivity index (χ3n) is 4.45. The zero-order valence-corrected chi connectivity index (χ0v) is 20.7. The maximum atomic E-state index is 14.0. The number of benzene rings is 2. The molecule has 0 atom stereocenters. The number of nitro groups is 1. The second-order valence-electron chi connectivity index (χ2n) is 7.03. The molecular weight excluding hydrogens is 532 g/mol. The second-order valence-corrected chi connectivity index (χ2v) is 7.03. The molecular formula is C21H27FIN5O4. The summed E-state index contributed by atoms with van der Waals surface area (Å²) in [5, 5.41) is 13.8. The molecule has 1 amide bonds. The molecule has 0 radical (unpaired) electrons. The van der Waals surface area contributed by atoms with Gasteiger partial charge in [0.05, 0.1) is 25.1 Å². The van der Waals surface area contributed by atoms with Crippen LogP contribution in [0.25, 0.3) is 0 Å². The van der Waals surface area contributed by atoms with Gasteiger partial charge in [0.2, 0.25) is 5.91 Å². The van der Waals surface area contributed by atoms with E-state index >= 15 is 0 Å². The zero-order chi connectivity index (χ0) is 23.0. The van der Waals surface area contributed by atoms with Gasteiger partial charge in [-0.3, -0.25) is 14.9 Å². The summed E-state index contributed by atoms with van der Waals surface area (Å²) in [5.41, 5.74) is 1.47. The van der Waals surface area contributed by atoms with E-state index in [1.54, 1.807) is 50.3 Å². The van der Waals surface area contributed by atoms with Gasteiger partial charge in [-0.15, -0.1) is 24.0 Å². The van der Waals surface area contributed by atoms with E-state index in [-0.39, 0.29) is 54.4 Å². The first-order chi connectivity index (χ1) is 14.7. The van der Waals surface area contributed by atoms with Crippen LogP contribution in [0, 0.1) is 15.9 Å². The maximum Gasteiger partial charge on any atom is 0.269 e. The highest BCUT2D eigenvalue weighted by Gasteiger charge is 2.12. The predicted molar refractivity (Wildman–Crippen MR) is 131 cm³/mol. The van der Waals surface area contributed by atoms with Crippen molar-refractivity contribution in [3.8, 4) is 5.75 Å². The smallest absolute Gasteiger partial charge is 0.269 e. The molecule has 0 aliphatic rings. The van der Waals surface area contributed by atoms with Crippen LogP contribution in [0.2, 0.25) is 0 Å². The van der Waals surface area contributed by atoms with Crippen LogP contribution < -0.4 is 10.1 Å². The lowest BCUT2D eigenvalue weighted by Gasteiger charge is -2.23. The summed E-state index contributed by atoms with van der Waals surface area (Å²) in [4.78, 5) is 30.1. The molecule has 0 saturated carbocycles. The molecule has 0 fully saturated rings. The van der Waals surface area contributed by atoms with Gasteiger partial charge in [0.25, 0.3) is 5.69 Å². The van der Waals surface area contributed by atoms with E-state index in [0.29, 0.717) is 18.1 Å². The van der Waals surface area contributed by atoms with Gasteiger partial charge in [0, 0.05) is 39.8 Å².